The van der Waals surface area contributed by atoms with E-state index < -0.39 is 29.5 Å². The Balaban J connectivity index is 1.17. The number of rotatable bonds is 3. The summed E-state index contributed by atoms with van der Waals surface area (Å²) in [7, 11) is 0. The number of aromatic amines is 1. The fourth-order valence-electron chi connectivity index (χ4n) is 6.01. The van der Waals surface area contributed by atoms with Gasteiger partial charge in [-0.25, -0.2) is 8.78 Å². The van der Waals surface area contributed by atoms with Crippen LogP contribution in [0.25, 0.3) is 10.9 Å². The van der Waals surface area contributed by atoms with E-state index >= 15 is 4.39 Å². The fourth-order valence-corrected chi connectivity index (χ4v) is 6.17. The third kappa shape index (κ3) is 4.27. The number of halogens is 3. The van der Waals surface area contributed by atoms with Crippen molar-refractivity contribution in [1.82, 2.24) is 20.1 Å². The molecule has 11 heteroatoms. The van der Waals surface area contributed by atoms with Gasteiger partial charge in [0.25, 0.3) is 11.8 Å². The second kappa shape index (κ2) is 9.44. The number of H-pyrrole nitrogens is 1. The van der Waals surface area contributed by atoms with E-state index in [4.69, 9.17) is 11.6 Å². The van der Waals surface area contributed by atoms with Crippen molar-refractivity contribution in [3.05, 3.63) is 68.9 Å². The minimum absolute atomic E-state index is 0.0261. The molecule has 1 atom stereocenters. The van der Waals surface area contributed by atoms with Gasteiger partial charge in [0.05, 0.1) is 5.02 Å². The minimum Gasteiger partial charge on any atom is -0.350 e. The molecule has 1 aromatic heterocycles. The van der Waals surface area contributed by atoms with Crippen LogP contribution < -0.4 is 5.32 Å². The first-order valence-corrected chi connectivity index (χ1v) is 13.2. The van der Waals surface area contributed by atoms with Crippen LogP contribution in [0.15, 0.2) is 24.3 Å². The summed E-state index contributed by atoms with van der Waals surface area (Å²) in [6.45, 7) is 2.75. The molecule has 8 nitrogen and oxygen atoms in total. The van der Waals surface area contributed by atoms with E-state index in [1.54, 1.807) is 17.9 Å². The predicted molar refractivity (Wildman–Crippen MR) is 138 cm³/mol. The first-order chi connectivity index (χ1) is 18.6. The fraction of sp³-hybridized carbons (Fsp3) is 0.357. The Morgan fingerprint density at radius 2 is 1.77 bits per heavy atom. The van der Waals surface area contributed by atoms with Crippen molar-refractivity contribution in [3.8, 4) is 0 Å². The lowest BCUT2D eigenvalue weighted by Gasteiger charge is -2.32. The van der Waals surface area contributed by atoms with Gasteiger partial charge in [0.1, 0.15) is 23.4 Å². The molecule has 2 aromatic carbocycles. The number of aryl methyl sites for hydroxylation is 1. The second-order valence-corrected chi connectivity index (χ2v) is 10.8. The average molecular weight is 555 g/mol. The number of nitrogens with one attached hydrogen (secondary N) is 2. The Morgan fingerprint density at radius 3 is 2.49 bits per heavy atom. The van der Waals surface area contributed by atoms with Crippen molar-refractivity contribution in [1.29, 1.82) is 0 Å². The molecule has 6 rings (SSSR count). The van der Waals surface area contributed by atoms with E-state index in [0.717, 1.165) is 0 Å². The van der Waals surface area contributed by atoms with Crippen LogP contribution in [0.2, 0.25) is 5.02 Å². The maximum Gasteiger partial charge on any atom is 0.270 e. The van der Waals surface area contributed by atoms with Crippen molar-refractivity contribution in [2.24, 2.45) is 0 Å². The Hall–Kier alpha value is -3.79. The highest BCUT2D eigenvalue weighted by Gasteiger charge is 2.40. The van der Waals surface area contributed by atoms with Gasteiger partial charge in [-0.2, -0.15) is 0 Å². The molecule has 2 saturated heterocycles. The number of amides is 4. The second-order valence-electron chi connectivity index (χ2n) is 10.4. The van der Waals surface area contributed by atoms with Crippen LogP contribution in [0.3, 0.4) is 0 Å². The molecule has 0 bridgehead atoms. The van der Waals surface area contributed by atoms with E-state index in [0.29, 0.717) is 59.2 Å². The quantitative estimate of drug-likeness (QED) is 0.474. The summed E-state index contributed by atoms with van der Waals surface area (Å²) in [4.78, 5) is 56.2. The number of benzene rings is 2. The van der Waals surface area contributed by atoms with E-state index in [1.807, 2.05) is 0 Å². The minimum atomic E-state index is -0.760. The molecule has 0 spiro atoms. The van der Waals surface area contributed by atoms with Gasteiger partial charge in [0.15, 0.2) is 0 Å². The molecule has 39 heavy (non-hydrogen) atoms. The van der Waals surface area contributed by atoms with Crippen LogP contribution in [-0.2, 0) is 16.1 Å². The Morgan fingerprint density at radius 1 is 1.03 bits per heavy atom. The topological polar surface area (TPSA) is 103 Å². The standard InChI is InChI=1S/C28H25ClF2N4O4/c1-13-16-9-21(31)19(29)11-22(16)32-25(13)28(39)34-6-4-14(5-7-34)17-8-15-12-35(27(38)18(15)10-20(17)30)23-2-3-24(36)33-26(23)37/h8-11,14,23,32H,2-7,12H2,1H3,(H,33,36,37). The lowest BCUT2D eigenvalue weighted by atomic mass is 9.87. The van der Waals surface area contributed by atoms with Crippen molar-refractivity contribution < 1.29 is 28.0 Å². The number of carbonyl (C=O) groups is 4. The maximum absolute atomic E-state index is 15.2. The monoisotopic (exact) mass is 554 g/mol. The maximum atomic E-state index is 15.2. The highest BCUT2D eigenvalue weighted by atomic mass is 35.5. The van der Waals surface area contributed by atoms with Crippen molar-refractivity contribution in [2.75, 3.05) is 13.1 Å². The molecule has 4 heterocycles. The van der Waals surface area contributed by atoms with Crippen LogP contribution in [0, 0.1) is 18.6 Å². The number of hydrogen-bond acceptors (Lipinski definition) is 4. The number of piperidine rings is 2. The number of fused-ring (bicyclic) bond motifs is 2. The molecule has 0 aliphatic carbocycles. The van der Waals surface area contributed by atoms with Gasteiger partial charge < -0.3 is 14.8 Å². The number of nitrogens with zero attached hydrogens (tertiary/aromatic N) is 2. The molecule has 2 fully saturated rings. The predicted octanol–water partition coefficient (Wildman–Crippen LogP) is 4.19. The molecule has 3 aliphatic rings. The van der Waals surface area contributed by atoms with Crippen LogP contribution >= 0.6 is 11.6 Å². The zero-order valence-corrected chi connectivity index (χ0v) is 21.8. The van der Waals surface area contributed by atoms with Gasteiger partial charge >= 0.3 is 0 Å². The Bertz CT molecular complexity index is 1580. The Labute approximate surface area is 227 Å². The van der Waals surface area contributed by atoms with Gasteiger partial charge in [0.2, 0.25) is 11.8 Å². The molecule has 4 amide bonds. The summed E-state index contributed by atoms with van der Waals surface area (Å²) in [6.07, 6.45) is 1.46. The molecule has 0 radical (unpaired) electrons. The number of carbonyl (C=O) groups excluding carboxylic acids is 4. The van der Waals surface area contributed by atoms with Gasteiger partial charge in [-0.15, -0.1) is 0 Å². The SMILES string of the molecule is Cc1c(C(=O)N2CCC(c3cc4c(cc3F)C(=O)N(C3CCC(=O)NC3=O)C4)CC2)[nH]c2cc(Cl)c(F)cc12. The third-order valence-electron chi connectivity index (χ3n) is 8.18. The number of imide groups is 1. The average Bonchev–Trinajstić information content (AvgIpc) is 3.39. The van der Waals surface area contributed by atoms with E-state index in [-0.39, 0.29) is 47.7 Å². The summed E-state index contributed by atoms with van der Waals surface area (Å²) < 4.78 is 29.2. The van der Waals surface area contributed by atoms with Crippen LogP contribution in [-0.4, -0.2) is 57.5 Å². The van der Waals surface area contributed by atoms with Crippen LogP contribution in [0.4, 0.5) is 8.78 Å². The molecular formula is C28H25ClF2N4O4. The summed E-state index contributed by atoms with van der Waals surface area (Å²) >= 11 is 5.89. The zero-order chi connectivity index (χ0) is 27.6. The lowest BCUT2D eigenvalue weighted by molar-refractivity contribution is -0.136. The molecule has 3 aromatic rings. The Kier molecular flexibility index (Phi) is 6.17. The number of hydrogen-bond donors (Lipinski definition) is 2. The van der Waals surface area contributed by atoms with Gasteiger partial charge in [-0.3, -0.25) is 24.5 Å². The van der Waals surface area contributed by atoms with E-state index in [9.17, 15) is 23.6 Å². The van der Waals surface area contributed by atoms with E-state index in [2.05, 4.69) is 10.3 Å². The highest BCUT2D eigenvalue weighted by Crippen LogP contribution is 2.36. The summed E-state index contributed by atoms with van der Waals surface area (Å²) in [6, 6.07) is 4.97. The molecule has 2 N–H and O–H groups in total. The van der Waals surface area contributed by atoms with Crippen molar-refractivity contribution in [2.45, 2.75) is 51.1 Å². The highest BCUT2D eigenvalue weighted by molar-refractivity contribution is 6.31. The van der Waals surface area contributed by atoms with Crippen LogP contribution in [0.5, 0.6) is 0 Å². The van der Waals surface area contributed by atoms with Crippen molar-refractivity contribution in [3.63, 3.8) is 0 Å². The van der Waals surface area contributed by atoms with Gasteiger partial charge in [-0.05, 0) is 67.0 Å². The molecule has 1 unspecified atom stereocenters. The van der Waals surface area contributed by atoms with Crippen LogP contribution in [0.1, 0.15) is 69.1 Å². The molecule has 0 saturated carbocycles. The number of likely N-dealkylation sites (tertiary alicyclic amines) is 1. The van der Waals surface area contributed by atoms with Gasteiger partial charge in [0, 0.05) is 42.5 Å². The third-order valence-corrected chi connectivity index (χ3v) is 8.47. The van der Waals surface area contributed by atoms with Gasteiger partial charge in [-0.1, -0.05) is 17.7 Å². The molecule has 202 valence electrons. The first kappa shape index (κ1) is 25.5. The molecule has 3 aliphatic heterocycles. The normalized spacial score (nSPS) is 20.1. The van der Waals surface area contributed by atoms with Crippen molar-refractivity contribution >= 4 is 46.1 Å². The summed E-state index contributed by atoms with van der Waals surface area (Å²) in [5, 5.41) is 2.83. The largest absolute Gasteiger partial charge is 0.350 e. The summed E-state index contributed by atoms with van der Waals surface area (Å²) in [5.41, 5.74) is 2.98. The smallest absolute Gasteiger partial charge is 0.270 e. The number of aromatic nitrogens is 1. The lowest BCUT2D eigenvalue weighted by Crippen LogP contribution is -2.52. The molecular weight excluding hydrogens is 530 g/mol. The van der Waals surface area contributed by atoms with E-state index in [1.165, 1.54) is 23.1 Å². The summed E-state index contributed by atoms with van der Waals surface area (Å²) in [5.74, 6) is -2.68. The zero-order valence-electron chi connectivity index (χ0n) is 21.1. The first-order valence-electron chi connectivity index (χ1n) is 12.9.